The van der Waals surface area contributed by atoms with Crippen molar-refractivity contribution in [1.29, 1.82) is 0 Å². The zero-order valence-corrected chi connectivity index (χ0v) is 9.31. The lowest BCUT2D eigenvalue weighted by atomic mass is 9.93. The summed E-state index contributed by atoms with van der Waals surface area (Å²) in [6.45, 7) is 4.34. The fraction of sp³-hybridized carbons (Fsp3) is 0.636. The molecule has 2 heteroatoms. The van der Waals surface area contributed by atoms with E-state index in [4.69, 9.17) is 5.73 Å². The maximum Gasteiger partial charge on any atom is 0.00453 e. The largest absolute Gasteiger partial charge is 0.328 e. The second kappa shape index (κ2) is 5.40. The Labute approximate surface area is 85.0 Å². The van der Waals surface area contributed by atoms with E-state index < -0.39 is 0 Å². The standard InChI is InChI=1S/C11H19NS/c1-3-10(9(2)12)6-7-11-5-4-8-13-11/h4-5,8-10H,3,6-7,12H2,1-2H3. The SMILES string of the molecule is CCC(CCc1cccs1)C(C)N. The molecule has 13 heavy (non-hydrogen) atoms. The van der Waals surface area contributed by atoms with Crippen molar-refractivity contribution in [2.75, 3.05) is 0 Å². The minimum atomic E-state index is 0.338. The van der Waals surface area contributed by atoms with Gasteiger partial charge < -0.3 is 5.73 Å². The molecule has 1 nitrogen and oxygen atoms in total. The topological polar surface area (TPSA) is 26.0 Å². The van der Waals surface area contributed by atoms with Gasteiger partial charge in [0.25, 0.3) is 0 Å². The third-order valence-electron chi connectivity index (χ3n) is 2.61. The number of hydrogen-bond acceptors (Lipinski definition) is 2. The van der Waals surface area contributed by atoms with Crippen LogP contribution in [0.4, 0.5) is 0 Å². The molecule has 0 aliphatic carbocycles. The molecule has 0 aliphatic rings. The fourth-order valence-corrected chi connectivity index (χ4v) is 2.35. The van der Waals surface area contributed by atoms with E-state index in [1.165, 1.54) is 24.1 Å². The Bertz CT molecular complexity index is 216. The molecule has 2 N–H and O–H groups in total. The van der Waals surface area contributed by atoms with Gasteiger partial charge in [-0.25, -0.2) is 0 Å². The molecule has 0 saturated heterocycles. The highest BCUT2D eigenvalue weighted by Crippen LogP contribution is 2.18. The summed E-state index contributed by atoms with van der Waals surface area (Å²) in [5.41, 5.74) is 5.89. The van der Waals surface area contributed by atoms with Crippen LogP contribution in [0.1, 0.15) is 31.6 Å². The lowest BCUT2D eigenvalue weighted by molar-refractivity contribution is 0.402. The maximum atomic E-state index is 5.89. The lowest BCUT2D eigenvalue weighted by Gasteiger charge is -2.17. The van der Waals surface area contributed by atoms with Crippen LogP contribution in [0.25, 0.3) is 0 Å². The van der Waals surface area contributed by atoms with Crippen molar-refractivity contribution in [3.05, 3.63) is 22.4 Å². The van der Waals surface area contributed by atoms with E-state index in [2.05, 4.69) is 31.4 Å². The molecule has 0 aliphatic heterocycles. The number of nitrogens with two attached hydrogens (primary N) is 1. The van der Waals surface area contributed by atoms with Crippen molar-refractivity contribution >= 4 is 11.3 Å². The molecule has 0 aromatic carbocycles. The first-order chi connectivity index (χ1) is 6.24. The van der Waals surface area contributed by atoms with Crippen LogP contribution in [0.3, 0.4) is 0 Å². The summed E-state index contributed by atoms with van der Waals surface area (Å²) in [5.74, 6) is 0.682. The van der Waals surface area contributed by atoms with Gasteiger partial charge in [-0.05, 0) is 37.1 Å². The highest BCUT2D eigenvalue weighted by atomic mass is 32.1. The van der Waals surface area contributed by atoms with E-state index >= 15 is 0 Å². The van der Waals surface area contributed by atoms with Crippen molar-refractivity contribution in [3.63, 3.8) is 0 Å². The first kappa shape index (κ1) is 10.7. The van der Waals surface area contributed by atoms with Crippen LogP contribution in [-0.4, -0.2) is 6.04 Å². The molecule has 1 rings (SSSR count). The Kier molecular flexibility index (Phi) is 4.46. The van der Waals surface area contributed by atoms with E-state index in [0.717, 1.165) is 0 Å². The molecular weight excluding hydrogens is 178 g/mol. The summed E-state index contributed by atoms with van der Waals surface area (Å²) in [6, 6.07) is 4.66. The average Bonchev–Trinajstić information content (AvgIpc) is 2.57. The molecular formula is C11H19NS. The third-order valence-corrected chi connectivity index (χ3v) is 3.55. The van der Waals surface area contributed by atoms with Gasteiger partial charge in [0.1, 0.15) is 0 Å². The number of rotatable bonds is 5. The summed E-state index contributed by atoms with van der Waals surface area (Å²) >= 11 is 1.85. The quantitative estimate of drug-likeness (QED) is 0.771. The van der Waals surface area contributed by atoms with Crippen LogP contribution in [0.2, 0.25) is 0 Å². The van der Waals surface area contributed by atoms with Gasteiger partial charge >= 0.3 is 0 Å². The molecule has 1 aromatic heterocycles. The lowest BCUT2D eigenvalue weighted by Crippen LogP contribution is -2.26. The predicted molar refractivity (Wildman–Crippen MR) is 60.1 cm³/mol. The average molecular weight is 197 g/mol. The van der Waals surface area contributed by atoms with Crippen LogP contribution in [0, 0.1) is 5.92 Å². The molecule has 2 unspecified atom stereocenters. The Balaban J connectivity index is 2.32. The maximum absolute atomic E-state index is 5.89. The highest BCUT2D eigenvalue weighted by molar-refractivity contribution is 7.09. The fourth-order valence-electron chi connectivity index (χ4n) is 1.62. The molecule has 0 saturated carbocycles. The molecule has 1 heterocycles. The van der Waals surface area contributed by atoms with Gasteiger partial charge in [-0.1, -0.05) is 19.4 Å². The summed E-state index contributed by atoms with van der Waals surface area (Å²) in [6.07, 6.45) is 3.62. The van der Waals surface area contributed by atoms with Crippen molar-refractivity contribution < 1.29 is 0 Å². The number of hydrogen-bond donors (Lipinski definition) is 1. The second-order valence-electron chi connectivity index (χ2n) is 3.65. The van der Waals surface area contributed by atoms with Gasteiger partial charge in [-0.15, -0.1) is 11.3 Å². The number of aryl methyl sites for hydroxylation is 1. The van der Waals surface area contributed by atoms with Crippen LogP contribution >= 0.6 is 11.3 Å². The first-order valence-corrected chi connectivity index (χ1v) is 5.90. The molecule has 0 amide bonds. The van der Waals surface area contributed by atoms with E-state index in [-0.39, 0.29) is 0 Å². The van der Waals surface area contributed by atoms with Gasteiger partial charge in [-0.3, -0.25) is 0 Å². The van der Waals surface area contributed by atoms with E-state index in [1.807, 2.05) is 11.3 Å². The third kappa shape index (κ3) is 3.49. The van der Waals surface area contributed by atoms with Gasteiger partial charge in [0.2, 0.25) is 0 Å². The van der Waals surface area contributed by atoms with Crippen molar-refractivity contribution in [1.82, 2.24) is 0 Å². The monoisotopic (exact) mass is 197 g/mol. The zero-order chi connectivity index (χ0) is 9.68. The summed E-state index contributed by atoms with van der Waals surface area (Å²) in [4.78, 5) is 1.49. The van der Waals surface area contributed by atoms with Crippen molar-refractivity contribution in [2.24, 2.45) is 11.7 Å². The smallest absolute Gasteiger partial charge is 0.00453 e. The predicted octanol–water partition coefficient (Wildman–Crippen LogP) is 3.05. The van der Waals surface area contributed by atoms with Crippen molar-refractivity contribution in [2.45, 2.75) is 39.2 Å². The molecule has 0 radical (unpaired) electrons. The molecule has 0 spiro atoms. The van der Waals surface area contributed by atoms with Gasteiger partial charge in [0.15, 0.2) is 0 Å². The van der Waals surface area contributed by atoms with Crippen LogP contribution in [0.5, 0.6) is 0 Å². The molecule has 74 valence electrons. The summed E-state index contributed by atoms with van der Waals surface area (Å²) < 4.78 is 0. The summed E-state index contributed by atoms with van der Waals surface area (Å²) in [5, 5.41) is 2.14. The minimum Gasteiger partial charge on any atom is -0.328 e. The van der Waals surface area contributed by atoms with Gasteiger partial charge in [0.05, 0.1) is 0 Å². The van der Waals surface area contributed by atoms with Crippen LogP contribution < -0.4 is 5.73 Å². The highest BCUT2D eigenvalue weighted by Gasteiger charge is 2.11. The van der Waals surface area contributed by atoms with Gasteiger partial charge in [0, 0.05) is 10.9 Å². The van der Waals surface area contributed by atoms with Crippen LogP contribution in [0.15, 0.2) is 17.5 Å². The van der Waals surface area contributed by atoms with Gasteiger partial charge in [-0.2, -0.15) is 0 Å². The minimum absolute atomic E-state index is 0.338. The Morgan fingerprint density at radius 1 is 1.54 bits per heavy atom. The molecule has 0 fully saturated rings. The van der Waals surface area contributed by atoms with Crippen LogP contribution in [-0.2, 0) is 6.42 Å². The Morgan fingerprint density at radius 3 is 2.77 bits per heavy atom. The first-order valence-electron chi connectivity index (χ1n) is 5.02. The van der Waals surface area contributed by atoms with E-state index in [9.17, 15) is 0 Å². The molecule has 1 aromatic rings. The molecule has 2 atom stereocenters. The Hall–Kier alpha value is -0.340. The second-order valence-corrected chi connectivity index (χ2v) is 4.68. The molecule has 0 bridgehead atoms. The summed E-state index contributed by atoms with van der Waals surface area (Å²) in [7, 11) is 0. The normalized spacial score (nSPS) is 15.6. The number of thiophene rings is 1. The Morgan fingerprint density at radius 2 is 2.31 bits per heavy atom. The van der Waals surface area contributed by atoms with E-state index in [1.54, 1.807) is 0 Å². The van der Waals surface area contributed by atoms with Crippen molar-refractivity contribution in [3.8, 4) is 0 Å². The van der Waals surface area contributed by atoms with E-state index in [0.29, 0.717) is 12.0 Å². The zero-order valence-electron chi connectivity index (χ0n) is 8.49.